The average molecular weight is 183 g/mol. The van der Waals surface area contributed by atoms with E-state index in [2.05, 4.69) is 12.2 Å². The fraction of sp³-hybridized carbons (Fsp3) is 0.909. The number of Topliss-reactive ketones (excluding diaryl/α,β-unsaturated/α-hetero) is 1. The highest BCUT2D eigenvalue weighted by molar-refractivity contribution is 5.83. The standard InChI is InChI=1S/C11H21NO/c1-3-9(8-12-2)11(13)10-6-4-5-7-10/h9-10,12H,3-8H2,1-2H3. The quantitative estimate of drug-likeness (QED) is 0.706. The zero-order chi connectivity index (χ0) is 9.68. The van der Waals surface area contributed by atoms with Crippen molar-refractivity contribution < 1.29 is 4.79 Å². The van der Waals surface area contributed by atoms with Crippen molar-refractivity contribution in [3.05, 3.63) is 0 Å². The summed E-state index contributed by atoms with van der Waals surface area (Å²) in [5, 5.41) is 3.10. The predicted molar refractivity (Wildman–Crippen MR) is 54.7 cm³/mol. The lowest BCUT2D eigenvalue weighted by Crippen LogP contribution is -2.29. The van der Waals surface area contributed by atoms with Gasteiger partial charge in [0.15, 0.2) is 0 Å². The Morgan fingerprint density at radius 2 is 2.08 bits per heavy atom. The Hall–Kier alpha value is -0.370. The second-order valence-electron chi connectivity index (χ2n) is 4.05. The molecule has 0 aromatic heterocycles. The summed E-state index contributed by atoms with van der Waals surface area (Å²) in [7, 11) is 1.92. The molecule has 0 aliphatic heterocycles. The van der Waals surface area contributed by atoms with Gasteiger partial charge in [-0.2, -0.15) is 0 Å². The van der Waals surface area contributed by atoms with Crippen LogP contribution in [0.1, 0.15) is 39.0 Å². The molecule has 1 fully saturated rings. The second kappa shape index (κ2) is 5.38. The molecule has 1 atom stereocenters. The first-order valence-corrected chi connectivity index (χ1v) is 5.48. The number of hydrogen-bond acceptors (Lipinski definition) is 2. The van der Waals surface area contributed by atoms with Crippen molar-refractivity contribution in [3.63, 3.8) is 0 Å². The molecule has 1 rings (SSSR count). The highest BCUT2D eigenvalue weighted by atomic mass is 16.1. The molecule has 1 aliphatic carbocycles. The number of rotatable bonds is 5. The monoisotopic (exact) mass is 183 g/mol. The van der Waals surface area contributed by atoms with E-state index in [0.717, 1.165) is 25.8 Å². The van der Waals surface area contributed by atoms with Gasteiger partial charge in [0, 0.05) is 18.4 Å². The highest BCUT2D eigenvalue weighted by Gasteiger charge is 2.27. The smallest absolute Gasteiger partial charge is 0.140 e. The molecule has 0 bridgehead atoms. The first-order chi connectivity index (χ1) is 6.29. The topological polar surface area (TPSA) is 29.1 Å². The maximum atomic E-state index is 11.9. The molecule has 13 heavy (non-hydrogen) atoms. The van der Waals surface area contributed by atoms with E-state index in [1.54, 1.807) is 0 Å². The van der Waals surface area contributed by atoms with E-state index in [0.29, 0.717) is 11.7 Å². The molecule has 0 aromatic rings. The lowest BCUT2D eigenvalue weighted by molar-refractivity contribution is -0.126. The van der Waals surface area contributed by atoms with Crippen LogP contribution in [0.5, 0.6) is 0 Å². The van der Waals surface area contributed by atoms with Crippen LogP contribution in [0.3, 0.4) is 0 Å². The van der Waals surface area contributed by atoms with E-state index in [1.165, 1.54) is 12.8 Å². The van der Waals surface area contributed by atoms with Crippen molar-refractivity contribution >= 4 is 5.78 Å². The fourth-order valence-electron chi connectivity index (χ4n) is 2.24. The van der Waals surface area contributed by atoms with E-state index in [1.807, 2.05) is 7.05 Å². The van der Waals surface area contributed by atoms with Crippen LogP contribution >= 0.6 is 0 Å². The van der Waals surface area contributed by atoms with Crippen molar-refractivity contribution in [1.82, 2.24) is 5.32 Å². The van der Waals surface area contributed by atoms with Crippen molar-refractivity contribution in [2.45, 2.75) is 39.0 Å². The zero-order valence-electron chi connectivity index (χ0n) is 8.81. The Balaban J connectivity index is 2.42. The van der Waals surface area contributed by atoms with Crippen LogP contribution in [0, 0.1) is 11.8 Å². The van der Waals surface area contributed by atoms with E-state index < -0.39 is 0 Å². The Bertz CT molecular complexity index is 161. The number of carbonyl (C=O) groups excluding carboxylic acids is 1. The van der Waals surface area contributed by atoms with E-state index >= 15 is 0 Å². The van der Waals surface area contributed by atoms with Gasteiger partial charge in [-0.05, 0) is 26.3 Å². The summed E-state index contributed by atoms with van der Waals surface area (Å²) in [4.78, 5) is 11.9. The van der Waals surface area contributed by atoms with Crippen molar-refractivity contribution in [1.29, 1.82) is 0 Å². The molecular formula is C11H21NO. The Morgan fingerprint density at radius 3 is 2.54 bits per heavy atom. The molecule has 2 heteroatoms. The van der Waals surface area contributed by atoms with Crippen molar-refractivity contribution in [2.24, 2.45) is 11.8 Å². The summed E-state index contributed by atoms with van der Waals surface area (Å²) >= 11 is 0. The van der Waals surface area contributed by atoms with Gasteiger partial charge in [-0.25, -0.2) is 0 Å². The number of hydrogen-bond donors (Lipinski definition) is 1. The number of nitrogens with one attached hydrogen (secondary N) is 1. The van der Waals surface area contributed by atoms with E-state index in [9.17, 15) is 4.79 Å². The van der Waals surface area contributed by atoms with Crippen LogP contribution < -0.4 is 5.32 Å². The van der Waals surface area contributed by atoms with Crippen LogP contribution in [0.2, 0.25) is 0 Å². The van der Waals surface area contributed by atoms with Crippen LogP contribution in [0.25, 0.3) is 0 Å². The van der Waals surface area contributed by atoms with Gasteiger partial charge in [-0.15, -0.1) is 0 Å². The predicted octanol–water partition coefficient (Wildman–Crippen LogP) is 1.99. The lowest BCUT2D eigenvalue weighted by Gasteiger charge is -2.17. The third-order valence-electron chi connectivity index (χ3n) is 3.10. The molecule has 76 valence electrons. The zero-order valence-corrected chi connectivity index (χ0v) is 8.81. The summed E-state index contributed by atoms with van der Waals surface area (Å²) < 4.78 is 0. The first-order valence-electron chi connectivity index (χ1n) is 5.48. The Morgan fingerprint density at radius 1 is 1.46 bits per heavy atom. The van der Waals surface area contributed by atoms with Crippen molar-refractivity contribution in [3.8, 4) is 0 Å². The summed E-state index contributed by atoms with van der Waals surface area (Å²) in [6.07, 6.45) is 5.77. The summed E-state index contributed by atoms with van der Waals surface area (Å²) in [5.41, 5.74) is 0. The van der Waals surface area contributed by atoms with Gasteiger partial charge in [0.2, 0.25) is 0 Å². The lowest BCUT2D eigenvalue weighted by atomic mass is 9.90. The normalized spacial score (nSPS) is 20.5. The molecule has 0 saturated heterocycles. The molecule has 2 nitrogen and oxygen atoms in total. The van der Waals surface area contributed by atoms with Crippen LogP contribution in [0.4, 0.5) is 0 Å². The SMILES string of the molecule is CCC(CNC)C(=O)C1CCCC1. The summed E-state index contributed by atoms with van der Waals surface area (Å²) in [6.45, 7) is 2.96. The summed E-state index contributed by atoms with van der Waals surface area (Å²) in [5.74, 6) is 1.15. The van der Waals surface area contributed by atoms with Gasteiger partial charge >= 0.3 is 0 Å². The molecule has 0 spiro atoms. The van der Waals surface area contributed by atoms with Crippen LogP contribution in [-0.4, -0.2) is 19.4 Å². The third-order valence-corrected chi connectivity index (χ3v) is 3.10. The number of ketones is 1. The third kappa shape index (κ3) is 2.80. The minimum Gasteiger partial charge on any atom is -0.319 e. The van der Waals surface area contributed by atoms with Crippen LogP contribution in [-0.2, 0) is 4.79 Å². The van der Waals surface area contributed by atoms with Gasteiger partial charge < -0.3 is 5.32 Å². The van der Waals surface area contributed by atoms with Gasteiger partial charge in [-0.1, -0.05) is 19.8 Å². The molecule has 0 amide bonds. The maximum absolute atomic E-state index is 11.9. The average Bonchev–Trinajstić information content (AvgIpc) is 2.65. The molecule has 1 N–H and O–H groups in total. The van der Waals surface area contributed by atoms with Crippen molar-refractivity contribution in [2.75, 3.05) is 13.6 Å². The fourth-order valence-corrected chi connectivity index (χ4v) is 2.24. The maximum Gasteiger partial charge on any atom is 0.140 e. The molecule has 0 radical (unpaired) electrons. The molecule has 1 unspecified atom stereocenters. The van der Waals surface area contributed by atoms with Crippen LogP contribution in [0.15, 0.2) is 0 Å². The van der Waals surface area contributed by atoms with E-state index in [-0.39, 0.29) is 5.92 Å². The summed E-state index contributed by atoms with van der Waals surface area (Å²) in [6, 6.07) is 0. The molecule has 1 aliphatic rings. The highest BCUT2D eigenvalue weighted by Crippen LogP contribution is 2.28. The number of carbonyl (C=O) groups is 1. The van der Waals surface area contributed by atoms with Gasteiger partial charge in [-0.3, -0.25) is 4.79 Å². The molecule has 0 heterocycles. The first kappa shape index (κ1) is 10.7. The largest absolute Gasteiger partial charge is 0.319 e. The second-order valence-corrected chi connectivity index (χ2v) is 4.05. The Kier molecular flexibility index (Phi) is 4.43. The van der Waals surface area contributed by atoms with E-state index in [4.69, 9.17) is 0 Å². The minimum atomic E-state index is 0.257. The van der Waals surface area contributed by atoms with Gasteiger partial charge in [0.25, 0.3) is 0 Å². The minimum absolute atomic E-state index is 0.257. The van der Waals surface area contributed by atoms with Gasteiger partial charge in [0.05, 0.1) is 0 Å². The Labute approximate surface area is 81.1 Å². The molecular weight excluding hydrogens is 162 g/mol. The van der Waals surface area contributed by atoms with Gasteiger partial charge in [0.1, 0.15) is 5.78 Å². The molecule has 1 saturated carbocycles. The molecule has 0 aromatic carbocycles.